The highest BCUT2D eigenvalue weighted by atomic mass is 16.5. The van der Waals surface area contributed by atoms with Crippen molar-refractivity contribution in [3.8, 4) is 16.9 Å². The van der Waals surface area contributed by atoms with E-state index in [0.717, 1.165) is 41.0 Å². The summed E-state index contributed by atoms with van der Waals surface area (Å²) in [5.74, 6) is 3.25. The minimum atomic E-state index is -0.296. The smallest absolute Gasteiger partial charge is 0.308 e. The van der Waals surface area contributed by atoms with Crippen LogP contribution in [0.25, 0.3) is 11.1 Å². The number of aliphatic imine (C=N–C) groups is 1. The third kappa shape index (κ3) is 4.21. The van der Waals surface area contributed by atoms with Crippen molar-refractivity contribution in [3.63, 3.8) is 0 Å². The number of hydrogen-bond acceptors (Lipinski definition) is 3. The molecule has 156 valence electrons. The quantitative estimate of drug-likeness (QED) is 0.335. The molecule has 2 atom stereocenters. The predicted octanol–water partition coefficient (Wildman–Crippen LogP) is 6.30. The summed E-state index contributed by atoms with van der Waals surface area (Å²) in [7, 11) is 0. The summed E-state index contributed by atoms with van der Waals surface area (Å²) in [4.78, 5) is 16.0. The maximum atomic E-state index is 11.1. The van der Waals surface area contributed by atoms with Gasteiger partial charge in [0.25, 0.3) is 0 Å². The molecule has 0 spiro atoms. The topological polar surface area (TPSA) is 38.7 Å². The molecule has 3 nitrogen and oxygen atoms in total. The molecule has 4 saturated carbocycles. The van der Waals surface area contributed by atoms with Crippen molar-refractivity contribution in [3.05, 3.63) is 54.1 Å². The van der Waals surface area contributed by atoms with Gasteiger partial charge in [-0.2, -0.15) is 0 Å². The molecule has 3 heteroatoms. The zero-order valence-electron chi connectivity index (χ0n) is 17.8. The van der Waals surface area contributed by atoms with Crippen LogP contribution in [-0.2, 0) is 4.79 Å². The molecule has 0 aromatic heterocycles. The van der Waals surface area contributed by atoms with E-state index in [-0.39, 0.29) is 5.97 Å². The zero-order valence-corrected chi connectivity index (χ0v) is 17.8. The molecule has 0 saturated heterocycles. The van der Waals surface area contributed by atoms with E-state index in [2.05, 4.69) is 30.5 Å². The molecule has 6 rings (SSSR count). The van der Waals surface area contributed by atoms with Crippen LogP contribution in [-0.4, -0.2) is 18.7 Å². The van der Waals surface area contributed by atoms with Gasteiger partial charge in [-0.1, -0.05) is 36.4 Å². The van der Waals surface area contributed by atoms with Crippen LogP contribution >= 0.6 is 0 Å². The van der Waals surface area contributed by atoms with Crippen LogP contribution in [0.2, 0.25) is 0 Å². The lowest BCUT2D eigenvalue weighted by Gasteiger charge is -2.44. The van der Waals surface area contributed by atoms with E-state index in [9.17, 15) is 4.79 Å². The van der Waals surface area contributed by atoms with Gasteiger partial charge in [0, 0.05) is 19.7 Å². The molecule has 4 bridgehead atoms. The highest BCUT2D eigenvalue weighted by Gasteiger charge is 2.47. The van der Waals surface area contributed by atoms with Crippen molar-refractivity contribution in [2.24, 2.45) is 28.2 Å². The average molecular weight is 402 g/mol. The second-order valence-electron chi connectivity index (χ2n) is 9.96. The van der Waals surface area contributed by atoms with Crippen molar-refractivity contribution in [2.45, 2.75) is 51.9 Å². The van der Waals surface area contributed by atoms with Crippen molar-refractivity contribution >= 4 is 12.2 Å². The maximum Gasteiger partial charge on any atom is 0.308 e. The number of rotatable bonds is 5. The second kappa shape index (κ2) is 8.02. The fraction of sp³-hybridized carbons (Fsp3) is 0.481. The normalized spacial score (nSPS) is 29.8. The number of carbonyl (C=O) groups excluding carboxylic acids is 1. The molecule has 2 unspecified atom stereocenters. The molecule has 0 N–H and O–H groups in total. The van der Waals surface area contributed by atoms with E-state index in [1.165, 1.54) is 51.9 Å². The van der Waals surface area contributed by atoms with Gasteiger partial charge in [0.2, 0.25) is 0 Å². The largest absolute Gasteiger partial charge is 0.427 e. The van der Waals surface area contributed by atoms with Crippen molar-refractivity contribution in [1.29, 1.82) is 0 Å². The maximum absolute atomic E-state index is 11.1. The number of carbonyl (C=O) groups is 1. The molecule has 0 aliphatic heterocycles. The van der Waals surface area contributed by atoms with E-state index in [1.807, 2.05) is 24.3 Å². The molecule has 30 heavy (non-hydrogen) atoms. The lowest BCUT2D eigenvalue weighted by Crippen LogP contribution is -2.36. The monoisotopic (exact) mass is 401 g/mol. The van der Waals surface area contributed by atoms with Gasteiger partial charge in [-0.05, 0) is 96.9 Å². The minimum Gasteiger partial charge on any atom is -0.427 e. The van der Waals surface area contributed by atoms with Crippen molar-refractivity contribution in [1.82, 2.24) is 0 Å². The summed E-state index contributed by atoms with van der Waals surface area (Å²) in [6.07, 6.45) is 12.2. The first kappa shape index (κ1) is 19.5. The summed E-state index contributed by atoms with van der Waals surface area (Å²) < 4.78 is 5.11. The standard InChI is InChI=1S/C27H31NO2/c1-19(29)30-26-8-6-25(7-9-26)24-4-2-20(3-5-24)17-28-18-27-11-10-21-12-22(15-27)14-23(13-21)16-27/h2-9,17,21-23H,10-16,18H2,1H3. The van der Waals surface area contributed by atoms with E-state index in [0.29, 0.717) is 11.2 Å². The Bertz CT molecular complexity index is 914. The molecular weight excluding hydrogens is 370 g/mol. The Kier molecular flexibility index (Phi) is 5.22. The van der Waals surface area contributed by atoms with E-state index in [4.69, 9.17) is 9.73 Å². The van der Waals surface area contributed by atoms with Crippen molar-refractivity contribution < 1.29 is 9.53 Å². The number of nitrogens with zero attached hydrogens (tertiary/aromatic N) is 1. The summed E-state index contributed by atoms with van der Waals surface area (Å²) in [6.45, 7) is 2.42. The summed E-state index contributed by atoms with van der Waals surface area (Å²) in [5, 5.41) is 0. The molecule has 0 amide bonds. The molecule has 0 radical (unpaired) electrons. The molecule has 0 heterocycles. The number of fused-ring (bicyclic) bond motifs is 1. The molecule has 4 aliphatic rings. The first-order valence-corrected chi connectivity index (χ1v) is 11.5. The van der Waals surface area contributed by atoms with Gasteiger partial charge in [-0.15, -0.1) is 0 Å². The average Bonchev–Trinajstić information content (AvgIpc) is 2.92. The van der Waals surface area contributed by atoms with Gasteiger partial charge >= 0.3 is 5.97 Å². The number of ether oxygens (including phenoxy) is 1. The molecule has 2 aromatic rings. The van der Waals surface area contributed by atoms with Crippen molar-refractivity contribution in [2.75, 3.05) is 6.54 Å². The van der Waals surface area contributed by atoms with Gasteiger partial charge in [0.05, 0.1) is 0 Å². The Hall–Kier alpha value is -2.42. The van der Waals surface area contributed by atoms with Gasteiger partial charge < -0.3 is 4.74 Å². The zero-order chi connectivity index (χ0) is 20.6. The third-order valence-electron chi connectivity index (χ3n) is 7.55. The number of hydrogen-bond donors (Lipinski definition) is 0. The van der Waals surface area contributed by atoms with Gasteiger partial charge in [-0.3, -0.25) is 9.79 Å². The Labute approximate surface area is 179 Å². The molecular formula is C27H31NO2. The summed E-state index contributed by atoms with van der Waals surface area (Å²) >= 11 is 0. The van der Waals surface area contributed by atoms with E-state index < -0.39 is 0 Å². The highest BCUT2D eigenvalue weighted by Crippen LogP contribution is 2.57. The van der Waals surface area contributed by atoms with Crippen LogP contribution < -0.4 is 4.74 Å². The minimum absolute atomic E-state index is 0.296. The Morgan fingerprint density at radius 2 is 1.57 bits per heavy atom. The van der Waals surface area contributed by atoms with Gasteiger partial charge in [-0.25, -0.2) is 0 Å². The Morgan fingerprint density at radius 1 is 0.967 bits per heavy atom. The first-order chi connectivity index (χ1) is 14.6. The fourth-order valence-corrected chi connectivity index (χ4v) is 6.49. The van der Waals surface area contributed by atoms with Gasteiger partial charge in [0.15, 0.2) is 0 Å². The SMILES string of the molecule is CC(=O)Oc1ccc(-c2ccc(C=NCC34CCC5CC(CC(C5)C3)C4)cc2)cc1. The predicted molar refractivity (Wildman–Crippen MR) is 121 cm³/mol. The van der Waals surface area contributed by atoms with Crippen LogP contribution in [0, 0.1) is 23.2 Å². The fourth-order valence-electron chi connectivity index (χ4n) is 6.49. The Morgan fingerprint density at radius 3 is 2.20 bits per heavy atom. The number of esters is 1. The van der Waals surface area contributed by atoms with E-state index >= 15 is 0 Å². The first-order valence-electron chi connectivity index (χ1n) is 11.5. The molecule has 4 fully saturated rings. The molecule has 4 aliphatic carbocycles. The molecule has 2 aromatic carbocycles. The third-order valence-corrected chi connectivity index (χ3v) is 7.55. The van der Waals surface area contributed by atoms with Crippen LogP contribution in [0.4, 0.5) is 0 Å². The van der Waals surface area contributed by atoms with Crippen LogP contribution in [0.3, 0.4) is 0 Å². The Balaban J connectivity index is 1.23. The van der Waals surface area contributed by atoms with Crippen LogP contribution in [0.5, 0.6) is 5.75 Å². The van der Waals surface area contributed by atoms with Crippen LogP contribution in [0.15, 0.2) is 53.5 Å². The second-order valence-corrected chi connectivity index (χ2v) is 9.96. The number of benzene rings is 2. The lowest BCUT2D eigenvalue weighted by atomic mass is 9.61. The lowest BCUT2D eigenvalue weighted by molar-refractivity contribution is -0.131. The highest BCUT2D eigenvalue weighted by molar-refractivity contribution is 5.81. The van der Waals surface area contributed by atoms with Crippen LogP contribution in [0.1, 0.15) is 57.4 Å². The van der Waals surface area contributed by atoms with E-state index in [1.54, 1.807) is 0 Å². The van der Waals surface area contributed by atoms with Gasteiger partial charge in [0.1, 0.15) is 5.75 Å². The summed E-state index contributed by atoms with van der Waals surface area (Å²) in [5.41, 5.74) is 3.91. The summed E-state index contributed by atoms with van der Waals surface area (Å²) in [6, 6.07) is 16.2.